The van der Waals surface area contributed by atoms with E-state index in [2.05, 4.69) is 36.4 Å². The lowest BCUT2D eigenvalue weighted by Gasteiger charge is -2.41. The van der Waals surface area contributed by atoms with Crippen LogP contribution in [0.25, 0.3) is 22.3 Å². The molecule has 0 aliphatic heterocycles. The molecule has 2 N–H and O–H groups in total. The van der Waals surface area contributed by atoms with Gasteiger partial charge in [-0.25, -0.2) is 0 Å². The molecular weight excluding hydrogens is 392 g/mol. The Kier molecular flexibility index (Phi) is 5.45. The van der Waals surface area contributed by atoms with Crippen molar-refractivity contribution in [2.45, 2.75) is 37.5 Å². The van der Waals surface area contributed by atoms with Gasteiger partial charge >= 0.3 is 0 Å². The minimum Gasteiger partial charge on any atom is -0.508 e. The molecule has 0 atom stereocenters. The van der Waals surface area contributed by atoms with E-state index in [9.17, 15) is 10.2 Å². The lowest BCUT2D eigenvalue weighted by atomic mass is 9.62. The summed E-state index contributed by atoms with van der Waals surface area (Å²) < 4.78 is 0. The molecule has 0 heterocycles. The van der Waals surface area contributed by atoms with Crippen molar-refractivity contribution in [1.82, 2.24) is 0 Å². The molecule has 1 aliphatic rings. The van der Waals surface area contributed by atoms with E-state index in [1.54, 1.807) is 0 Å². The summed E-state index contributed by atoms with van der Waals surface area (Å²) >= 11 is 0. The molecule has 4 aromatic carbocycles. The zero-order chi connectivity index (χ0) is 22.0. The van der Waals surface area contributed by atoms with Gasteiger partial charge in [0.1, 0.15) is 11.5 Å². The van der Waals surface area contributed by atoms with E-state index in [-0.39, 0.29) is 16.9 Å². The molecule has 1 fully saturated rings. The first-order valence-corrected chi connectivity index (χ1v) is 11.5. The molecule has 5 rings (SSSR count). The Bertz CT molecular complexity index is 1120. The molecule has 2 heteroatoms. The Labute approximate surface area is 189 Å². The third-order valence-corrected chi connectivity index (χ3v) is 6.91. The first-order valence-electron chi connectivity index (χ1n) is 11.5. The van der Waals surface area contributed by atoms with Crippen molar-refractivity contribution in [3.8, 4) is 33.8 Å². The summed E-state index contributed by atoms with van der Waals surface area (Å²) in [6.45, 7) is 0. The Balaban J connectivity index is 1.79. The van der Waals surface area contributed by atoms with Crippen molar-refractivity contribution in [1.29, 1.82) is 0 Å². The summed E-state index contributed by atoms with van der Waals surface area (Å²) in [7, 11) is 0. The second-order valence-electron chi connectivity index (χ2n) is 8.83. The zero-order valence-corrected chi connectivity index (χ0v) is 18.2. The maximum Gasteiger partial charge on any atom is 0.116 e. The van der Waals surface area contributed by atoms with Crippen molar-refractivity contribution in [2.24, 2.45) is 0 Å². The predicted molar refractivity (Wildman–Crippen MR) is 131 cm³/mol. The maximum atomic E-state index is 10.4. The minimum absolute atomic E-state index is 0.185. The molecule has 4 aromatic rings. The van der Waals surface area contributed by atoms with Crippen LogP contribution in [0.4, 0.5) is 0 Å². The van der Waals surface area contributed by atoms with Gasteiger partial charge in [-0.3, -0.25) is 0 Å². The second-order valence-corrected chi connectivity index (χ2v) is 8.83. The van der Waals surface area contributed by atoms with Crippen LogP contribution in [-0.4, -0.2) is 10.2 Å². The number of hydrogen-bond acceptors (Lipinski definition) is 2. The van der Waals surface area contributed by atoms with Gasteiger partial charge in [-0.1, -0.05) is 92.1 Å². The standard InChI is InChI=1S/C30H28O2/c31-24-14-16-28(26(20-24)22-10-4-1-5-11-22)30(18-8-3-9-19-30)29-17-15-25(32)21-27(29)23-12-6-2-7-13-23/h1-2,4-7,10-17,20-21,31-32H,3,8-9,18-19H2. The van der Waals surface area contributed by atoms with Crippen LogP contribution in [0.2, 0.25) is 0 Å². The first kappa shape index (κ1) is 20.4. The molecule has 1 saturated carbocycles. The van der Waals surface area contributed by atoms with Crippen molar-refractivity contribution in [3.05, 3.63) is 108 Å². The van der Waals surface area contributed by atoms with E-state index in [0.717, 1.165) is 47.9 Å². The summed E-state index contributed by atoms with van der Waals surface area (Å²) in [5.74, 6) is 0.570. The van der Waals surface area contributed by atoms with E-state index in [0.29, 0.717) is 0 Å². The van der Waals surface area contributed by atoms with Crippen LogP contribution in [0, 0.1) is 0 Å². The summed E-state index contributed by atoms with van der Waals surface area (Å²) in [5, 5.41) is 20.8. The predicted octanol–water partition coefficient (Wildman–Crippen LogP) is 7.68. The van der Waals surface area contributed by atoms with Crippen LogP contribution in [-0.2, 0) is 5.41 Å². The highest BCUT2D eigenvalue weighted by Gasteiger charge is 2.39. The fourth-order valence-electron chi connectivity index (χ4n) is 5.45. The number of hydrogen-bond donors (Lipinski definition) is 2. The lowest BCUT2D eigenvalue weighted by Crippen LogP contribution is -2.31. The Hall–Kier alpha value is -3.52. The Morgan fingerprint density at radius 1 is 0.500 bits per heavy atom. The largest absolute Gasteiger partial charge is 0.508 e. The van der Waals surface area contributed by atoms with Crippen LogP contribution >= 0.6 is 0 Å². The van der Waals surface area contributed by atoms with Crippen LogP contribution in [0.5, 0.6) is 11.5 Å². The summed E-state index contributed by atoms with van der Waals surface area (Å²) in [4.78, 5) is 0. The number of phenolic OH excluding ortho intramolecular Hbond substituents is 2. The quantitative estimate of drug-likeness (QED) is 0.355. The molecule has 0 spiro atoms. The number of phenols is 2. The highest BCUT2D eigenvalue weighted by Crippen LogP contribution is 2.51. The zero-order valence-electron chi connectivity index (χ0n) is 18.2. The molecule has 160 valence electrons. The molecule has 0 saturated heterocycles. The van der Waals surface area contributed by atoms with Crippen LogP contribution in [0.3, 0.4) is 0 Å². The molecule has 0 aromatic heterocycles. The van der Waals surface area contributed by atoms with E-state index >= 15 is 0 Å². The van der Waals surface area contributed by atoms with Gasteiger partial charge in [0.2, 0.25) is 0 Å². The third kappa shape index (κ3) is 3.67. The smallest absolute Gasteiger partial charge is 0.116 e. The van der Waals surface area contributed by atoms with Crippen LogP contribution in [0.15, 0.2) is 97.1 Å². The van der Waals surface area contributed by atoms with Gasteiger partial charge in [-0.2, -0.15) is 0 Å². The van der Waals surface area contributed by atoms with E-state index in [1.165, 1.54) is 17.5 Å². The second kappa shape index (κ2) is 8.55. The van der Waals surface area contributed by atoms with Crippen molar-refractivity contribution in [3.63, 3.8) is 0 Å². The van der Waals surface area contributed by atoms with Crippen molar-refractivity contribution in [2.75, 3.05) is 0 Å². The average Bonchev–Trinajstić information content (AvgIpc) is 2.85. The van der Waals surface area contributed by atoms with Gasteiger partial charge in [0, 0.05) is 5.41 Å². The Morgan fingerprint density at radius 3 is 1.38 bits per heavy atom. The van der Waals surface area contributed by atoms with Gasteiger partial charge in [-0.15, -0.1) is 0 Å². The normalized spacial score (nSPS) is 15.4. The van der Waals surface area contributed by atoms with Crippen LogP contribution < -0.4 is 0 Å². The molecule has 0 bridgehead atoms. The van der Waals surface area contributed by atoms with Gasteiger partial charge in [0.25, 0.3) is 0 Å². The fraction of sp³-hybridized carbons (Fsp3) is 0.200. The molecule has 1 aliphatic carbocycles. The molecule has 0 unspecified atom stereocenters. The minimum atomic E-state index is -0.185. The molecule has 0 radical (unpaired) electrons. The highest BCUT2D eigenvalue weighted by atomic mass is 16.3. The third-order valence-electron chi connectivity index (χ3n) is 6.91. The Morgan fingerprint density at radius 2 is 0.938 bits per heavy atom. The van der Waals surface area contributed by atoms with Crippen LogP contribution in [0.1, 0.15) is 43.2 Å². The van der Waals surface area contributed by atoms with Crippen molar-refractivity contribution < 1.29 is 10.2 Å². The van der Waals surface area contributed by atoms with E-state index < -0.39 is 0 Å². The van der Waals surface area contributed by atoms with Gasteiger partial charge < -0.3 is 10.2 Å². The monoisotopic (exact) mass is 420 g/mol. The molecular formula is C30H28O2. The molecule has 0 amide bonds. The first-order chi connectivity index (χ1) is 15.7. The summed E-state index contributed by atoms with van der Waals surface area (Å²) in [6.07, 6.45) is 5.64. The van der Waals surface area contributed by atoms with Gasteiger partial charge in [-0.05, 0) is 70.5 Å². The summed E-state index contributed by atoms with van der Waals surface area (Å²) in [6, 6.07) is 32.4. The maximum absolute atomic E-state index is 10.4. The molecule has 2 nitrogen and oxygen atoms in total. The van der Waals surface area contributed by atoms with E-state index in [4.69, 9.17) is 0 Å². The number of aromatic hydroxyl groups is 2. The molecule has 32 heavy (non-hydrogen) atoms. The van der Waals surface area contributed by atoms with Gasteiger partial charge in [0.05, 0.1) is 0 Å². The SMILES string of the molecule is Oc1ccc(C2(c3ccc(O)cc3-c3ccccc3)CCCCC2)c(-c2ccccc2)c1. The highest BCUT2D eigenvalue weighted by molar-refractivity contribution is 5.76. The van der Waals surface area contributed by atoms with Gasteiger partial charge in [0.15, 0.2) is 0 Å². The topological polar surface area (TPSA) is 40.5 Å². The van der Waals surface area contributed by atoms with E-state index in [1.807, 2.05) is 60.7 Å². The van der Waals surface area contributed by atoms with Crippen molar-refractivity contribution >= 4 is 0 Å². The number of rotatable bonds is 4. The fourth-order valence-corrected chi connectivity index (χ4v) is 5.45. The lowest BCUT2D eigenvalue weighted by molar-refractivity contribution is 0.346. The average molecular weight is 421 g/mol. The number of benzene rings is 4. The summed E-state index contributed by atoms with van der Waals surface area (Å²) in [5.41, 5.74) is 6.72.